The summed E-state index contributed by atoms with van der Waals surface area (Å²) < 4.78 is 13.9. The largest absolute Gasteiger partial charge is 0.326 e. The number of anilines is 2. The van der Waals surface area contributed by atoms with E-state index < -0.39 is 5.82 Å². The predicted octanol–water partition coefficient (Wildman–Crippen LogP) is 3.18. The second-order valence-electron chi connectivity index (χ2n) is 4.68. The lowest BCUT2D eigenvalue weighted by atomic mass is 10.1. The van der Waals surface area contributed by atoms with Gasteiger partial charge in [-0.3, -0.25) is 9.59 Å². The van der Waals surface area contributed by atoms with Gasteiger partial charge in [-0.15, -0.1) is 0 Å². The van der Waals surface area contributed by atoms with E-state index in [1.807, 2.05) is 22.6 Å². The van der Waals surface area contributed by atoms with Crippen LogP contribution < -0.4 is 10.6 Å². The van der Waals surface area contributed by atoms with Crippen LogP contribution in [-0.4, -0.2) is 11.8 Å². The number of rotatable bonds is 2. The molecule has 1 aliphatic heterocycles. The maximum atomic E-state index is 13.2. The zero-order chi connectivity index (χ0) is 15.0. The van der Waals surface area contributed by atoms with Crippen molar-refractivity contribution in [3.63, 3.8) is 0 Å². The normalized spacial score (nSPS) is 12.8. The van der Waals surface area contributed by atoms with Crippen LogP contribution in [0, 0.1) is 9.39 Å². The molecule has 6 heteroatoms. The van der Waals surface area contributed by atoms with Gasteiger partial charge in [-0.1, -0.05) is 0 Å². The van der Waals surface area contributed by atoms with E-state index in [1.54, 1.807) is 24.3 Å². The number of halogens is 2. The van der Waals surface area contributed by atoms with Crippen molar-refractivity contribution >= 4 is 45.8 Å². The summed E-state index contributed by atoms with van der Waals surface area (Å²) in [6.45, 7) is 0. The highest BCUT2D eigenvalue weighted by molar-refractivity contribution is 14.1. The fraction of sp³-hybridized carbons (Fsp3) is 0.0667. The predicted molar refractivity (Wildman–Crippen MR) is 85.8 cm³/mol. The van der Waals surface area contributed by atoms with Gasteiger partial charge in [0.1, 0.15) is 5.82 Å². The molecule has 0 saturated carbocycles. The standard InChI is InChI=1S/C15H10FIN2O2/c16-9-1-3-12(17)11(7-9)15(21)18-10-2-4-13-8(5-10)6-14(20)19-13/h1-5,7H,6H2,(H,18,21)(H,19,20). The van der Waals surface area contributed by atoms with Crippen molar-refractivity contribution < 1.29 is 14.0 Å². The lowest BCUT2D eigenvalue weighted by Crippen LogP contribution is -2.13. The second kappa shape index (κ2) is 5.44. The highest BCUT2D eigenvalue weighted by Crippen LogP contribution is 2.26. The Bertz CT molecular complexity index is 761. The first-order chi connectivity index (χ1) is 10.0. The first kappa shape index (κ1) is 14.0. The van der Waals surface area contributed by atoms with Gasteiger partial charge >= 0.3 is 0 Å². The first-order valence-electron chi connectivity index (χ1n) is 6.22. The number of hydrogen-bond donors (Lipinski definition) is 2. The Labute approximate surface area is 133 Å². The van der Waals surface area contributed by atoms with Crippen LogP contribution in [0.2, 0.25) is 0 Å². The van der Waals surface area contributed by atoms with Gasteiger partial charge < -0.3 is 10.6 Å². The number of nitrogens with one attached hydrogen (secondary N) is 2. The van der Waals surface area contributed by atoms with Crippen LogP contribution in [0.5, 0.6) is 0 Å². The number of carbonyl (C=O) groups is 2. The Balaban J connectivity index is 1.84. The summed E-state index contributed by atoms with van der Waals surface area (Å²) in [5, 5.41) is 5.45. The van der Waals surface area contributed by atoms with Crippen molar-refractivity contribution in [3.8, 4) is 0 Å². The average molecular weight is 396 g/mol. The summed E-state index contributed by atoms with van der Waals surface area (Å²) in [7, 11) is 0. The van der Waals surface area contributed by atoms with Crippen LogP contribution in [0.3, 0.4) is 0 Å². The fourth-order valence-corrected chi connectivity index (χ4v) is 2.76. The Morgan fingerprint density at radius 3 is 2.86 bits per heavy atom. The Morgan fingerprint density at radius 2 is 2.05 bits per heavy atom. The van der Waals surface area contributed by atoms with Crippen LogP contribution in [0.1, 0.15) is 15.9 Å². The summed E-state index contributed by atoms with van der Waals surface area (Å²) >= 11 is 1.98. The second-order valence-corrected chi connectivity index (χ2v) is 5.84. The average Bonchev–Trinajstić information content (AvgIpc) is 2.80. The minimum atomic E-state index is -0.454. The quantitative estimate of drug-likeness (QED) is 0.767. The summed E-state index contributed by atoms with van der Waals surface area (Å²) in [6, 6.07) is 9.26. The molecule has 2 amide bonds. The van der Waals surface area contributed by atoms with Gasteiger partial charge in [-0.2, -0.15) is 0 Å². The minimum absolute atomic E-state index is 0.0619. The van der Waals surface area contributed by atoms with Gasteiger partial charge in [-0.25, -0.2) is 4.39 Å². The number of benzene rings is 2. The van der Waals surface area contributed by atoms with Crippen LogP contribution >= 0.6 is 22.6 Å². The molecular weight excluding hydrogens is 386 g/mol. The van der Waals surface area contributed by atoms with Crippen molar-refractivity contribution in [3.05, 3.63) is 56.9 Å². The molecule has 106 valence electrons. The van der Waals surface area contributed by atoms with Crippen molar-refractivity contribution in [1.82, 2.24) is 0 Å². The molecule has 0 atom stereocenters. The molecule has 1 aliphatic rings. The van der Waals surface area contributed by atoms with Gasteiger partial charge in [0.15, 0.2) is 0 Å². The number of fused-ring (bicyclic) bond motifs is 1. The van der Waals surface area contributed by atoms with E-state index in [4.69, 9.17) is 0 Å². The molecule has 2 N–H and O–H groups in total. The van der Waals surface area contributed by atoms with Gasteiger partial charge in [0, 0.05) is 14.9 Å². The van der Waals surface area contributed by atoms with E-state index in [1.165, 1.54) is 12.1 Å². The topological polar surface area (TPSA) is 58.2 Å². The highest BCUT2D eigenvalue weighted by atomic mass is 127. The van der Waals surface area contributed by atoms with Gasteiger partial charge in [0.2, 0.25) is 5.91 Å². The summed E-state index contributed by atoms with van der Waals surface area (Å²) in [5.74, 6) is -0.895. The smallest absolute Gasteiger partial charge is 0.256 e. The number of carbonyl (C=O) groups excluding carboxylic acids is 2. The molecular formula is C15H10FIN2O2. The van der Waals surface area contributed by atoms with E-state index in [2.05, 4.69) is 10.6 Å². The van der Waals surface area contributed by atoms with Gasteiger partial charge in [-0.05, 0) is 64.6 Å². The van der Waals surface area contributed by atoms with E-state index in [9.17, 15) is 14.0 Å². The third kappa shape index (κ3) is 2.90. The third-order valence-electron chi connectivity index (χ3n) is 3.16. The lowest BCUT2D eigenvalue weighted by molar-refractivity contribution is -0.115. The maximum absolute atomic E-state index is 13.2. The fourth-order valence-electron chi connectivity index (χ4n) is 2.18. The van der Waals surface area contributed by atoms with Crippen LogP contribution in [0.4, 0.5) is 15.8 Å². The molecule has 0 bridgehead atoms. The van der Waals surface area contributed by atoms with E-state index in [-0.39, 0.29) is 17.4 Å². The summed E-state index contributed by atoms with van der Waals surface area (Å²) in [5.41, 5.74) is 2.46. The Morgan fingerprint density at radius 1 is 1.24 bits per heavy atom. The van der Waals surface area contributed by atoms with E-state index in [0.29, 0.717) is 15.7 Å². The molecule has 0 spiro atoms. The zero-order valence-electron chi connectivity index (χ0n) is 10.7. The van der Waals surface area contributed by atoms with E-state index >= 15 is 0 Å². The van der Waals surface area contributed by atoms with Crippen molar-refractivity contribution in [2.24, 2.45) is 0 Å². The Hall–Kier alpha value is -1.96. The van der Waals surface area contributed by atoms with Crippen LogP contribution in [0.25, 0.3) is 0 Å². The van der Waals surface area contributed by atoms with Crippen molar-refractivity contribution in [2.45, 2.75) is 6.42 Å². The van der Waals surface area contributed by atoms with Gasteiger partial charge in [0.25, 0.3) is 5.91 Å². The molecule has 0 aliphatic carbocycles. The zero-order valence-corrected chi connectivity index (χ0v) is 12.9. The molecule has 3 rings (SSSR count). The van der Waals surface area contributed by atoms with Gasteiger partial charge in [0.05, 0.1) is 12.0 Å². The van der Waals surface area contributed by atoms with Crippen LogP contribution in [-0.2, 0) is 11.2 Å². The monoisotopic (exact) mass is 396 g/mol. The molecule has 1 heterocycles. The summed E-state index contributed by atoms with van der Waals surface area (Å²) in [4.78, 5) is 23.5. The highest BCUT2D eigenvalue weighted by Gasteiger charge is 2.18. The molecule has 2 aromatic carbocycles. The molecule has 0 saturated heterocycles. The minimum Gasteiger partial charge on any atom is -0.326 e. The maximum Gasteiger partial charge on any atom is 0.256 e. The molecule has 2 aromatic rings. The summed E-state index contributed by atoms with van der Waals surface area (Å²) in [6.07, 6.45) is 0.302. The molecule has 0 fully saturated rings. The molecule has 0 unspecified atom stereocenters. The first-order valence-corrected chi connectivity index (χ1v) is 7.30. The number of amides is 2. The van der Waals surface area contributed by atoms with Crippen molar-refractivity contribution in [2.75, 3.05) is 10.6 Å². The van der Waals surface area contributed by atoms with Crippen LogP contribution in [0.15, 0.2) is 36.4 Å². The molecule has 0 aromatic heterocycles. The SMILES string of the molecule is O=C1Cc2cc(NC(=O)c3cc(F)ccc3I)ccc2N1. The number of hydrogen-bond acceptors (Lipinski definition) is 2. The van der Waals surface area contributed by atoms with E-state index in [0.717, 1.165) is 11.3 Å². The van der Waals surface area contributed by atoms with Crippen molar-refractivity contribution in [1.29, 1.82) is 0 Å². The molecule has 4 nitrogen and oxygen atoms in total. The molecule has 21 heavy (non-hydrogen) atoms. The Kier molecular flexibility index (Phi) is 3.62. The molecule has 0 radical (unpaired) electrons. The lowest BCUT2D eigenvalue weighted by Gasteiger charge is -2.08. The third-order valence-corrected chi connectivity index (χ3v) is 4.10.